The molecule has 106 valence electrons. The monoisotopic (exact) mass is 285 g/mol. The van der Waals surface area contributed by atoms with Gasteiger partial charge in [0.25, 0.3) is 10.0 Å². The Morgan fingerprint density at radius 1 is 1.50 bits per heavy atom. The van der Waals surface area contributed by atoms with E-state index in [0.29, 0.717) is 17.1 Å². The molecular weight excluding hydrogens is 268 g/mol. The van der Waals surface area contributed by atoms with Crippen LogP contribution in [0, 0.1) is 5.92 Å². The average Bonchev–Trinajstić information content (AvgIpc) is 2.35. The summed E-state index contributed by atoms with van der Waals surface area (Å²) in [6.45, 7) is 0.408. The van der Waals surface area contributed by atoms with Crippen LogP contribution in [0.2, 0.25) is 0 Å². The van der Waals surface area contributed by atoms with Crippen LogP contribution < -0.4 is 11.1 Å². The van der Waals surface area contributed by atoms with E-state index < -0.39 is 21.7 Å². The number of rotatable bonds is 5. The molecule has 1 heterocycles. The van der Waals surface area contributed by atoms with E-state index in [2.05, 4.69) is 5.32 Å². The largest absolute Gasteiger partial charge is 0.355 e. The molecule has 0 aliphatic carbocycles. The zero-order valence-corrected chi connectivity index (χ0v) is 10.6. The van der Waals surface area contributed by atoms with E-state index in [0.717, 1.165) is 0 Å². The summed E-state index contributed by atoms with van der Waals surface area (Å²) in [6.07, 6.45) is 0.887. The van der Waals surface area contributed by atoms with Gasteiger partial charge in [0, 0.05) is 26.2 Å². The van der Waals surface area contributed by atoms with Crippen LogP contribution in [0.3, 0.4) is 0 Å². The highest BCUT2D eigenvalue weighted by atomic mass is 32.2. The Morgan fingerprint density at radius 2 is 2.17 bits per heavy atom. The third-order valence-corrected chi connectivity index (χ3v) is 4.29. The molecular formula is C9H17F2N3O3S. The lowest BCUT2D eigenvalue weighted by Crippen LogP contribution is -2.47. The Labute approximate surface area is 105 Å². The van der Waals surface area contributed by atoms with Crippen LogP contribution in [-0.4, -0.2) is 50.6 Å². The summed E-state index contributed by atoms with van der Waals surface area (Å²) >= 11 is 0. The van der Waals surface area contributed by atoms with Crippen molar-refractivity contribution in [1.29, 1.82) is 0 Å². The Hall–Kier alpha value is -0.800. The molecule has 0 aromatic carbocycles. The highest BCUT2D eigenvalue weighted by Crippen LogP contribution is 2.22. The molecule has 3 N–H and O–H groups in total. The van der Waals surface area contributed by atoms with E-state index >= 15 is 0 Å². The zero-order valence-electron chi connectivity index (χ0n) is 9.81. The molecule has 6 nitrogen and oxygen atoms in total. The molecule has 0 radical (unpaired) electrons. The van der Waals surface area contributed by atoms with Crippen LogP contribution in [0.5, 0.6) is 0 Å². The van der Waals surface area contributed by atoms with Crippen molar-refractivity contribution >= 4 is 15.9 Å². The summed E-state index contributed by atoms with van der Waals surface area (Å²) in [7, 11) is -4.59. The number of hydrogen-bond acceptors (Lipinski definition) is 4. The zero-order chi connectivity index (χ0) is 13.8. The minimum atomic E-state index is -4.59. The number of nitrogens with zero attached hydrogens (tertiary/aromatic N) is 1. The standard InChI is InChI=1S/C9H17F2N3O3S/c10-9(11)18(16,17)14-5-1-2-7(6-14)8(15)13-4-3-12/h7,9H,1-6,12H2,(H,13,15). The molecule has 0 aromatic rings. The highest BCUT2D eigenvalue weighted by molar-refractivity contribution is 7.89. The van der Waals surface area contributed by atoms with Crippen molar-refractivity contribution in [3.8, 4) is 0 Å². The Kier molecular flexibility index (Phi) is 5.42. The third kappa shape index (κ3) is 3.59. The van der Waals surface area contributed by atoms with Crippen LogP contribution in [0.15, 0.2) is 0 Å². The Morgan fingerprint density at radius 3 is 2.72 bits per heavy atom. The van der Waals surface area contributed by atoms with Gasteiger partial charge in [0.2, 0.25) is 5.91 Å². The molecule has 0 aromatic heterocycles. The summed E-state index contributed by atoms with van der Waals surface area (Å²) in [6, 6.07) is 0. The molecule has 18 heavy (non-hydrogen) atoms. The fraction of sp³-hybridized carbons (Fsp3) is 0.889. The molecule has 1 saturated heterocycles. The fourth-order valence-corrected chi connectivity index (χ4v) is 2.84. The first-order valence-electron chi connectivity index (χ1n) is 5.64. The number of nitrogens with two attached hydrogens (primary N) is 1. The van der Waals surface area contributed by atoms with Crippen molar-refractivity contribution < 1.29 is 22.0 Å². The molecule has 1 amide bonds. The van der Waals surface area contributed by atoms with Gasteiger partial charge in [-0.2, -0.15) is 13.1 Å². The summed E-state index contributed by atoms with van der Waals surface area (Å²) < 4.78 is 48.0. The van der Waals surface area contributed by atoms with Gasteiger partial charge in [-0.25, -0.2) is 8.42 Å². The maximum absolute atomic E-state index is 12.4. The van der Waals surface area contributed by atoms with E-state index in [1.807, 2.05) is 0 Å². The van der Waals surface area contributed by atoms with Gasteiger partial charge in [-0.3, -0.25) is 4.79 Å². The summed E-state index contributed by atoms with van der Waals surface area (Å²) in [5.74, 6) is -4.36. The van der Waals surface area contributed by atoms with E-state index in [1.54, 1.807) is 0 Å². The van der Waals surface area contributed by atoms with Gasteiger partial charge >= 0.3 is 5.76 Å². The second kappa shape index (κ2) is 6.39. The maximum Gasteiger partial charge on any atom is 0.350 e. The van der Waals surface area contributed by atoms with Crippen molar-refractivity contribution in [2.45, 2.75) is 18.6 Å². The average molecular weight is 285 g/mol. The lowest BCUT2D eigenvalue weighted by Gasteiger charge is -2.30. The van der Waals surface area contributed by atoms with Crippen molar-refractivity contribution in [3.05, 3.63) is 0 Å². The fourth-order valence-electron chi connectivity index (χ4n) is 1.84. The van der Waals surface area contributed by atoms with Crippen LogP contribution in [0.25, 0.3) is 0 Å². The SMILES string of the molecule is NCCNC(=O)C1CCCN(S(=O)(=O)C(F)F)C1. The molecule has 0 bridgehead atoms. The molecule has 1 aliphatic heterocycles. The lowest BCUT2D eigenvalue weighted by atomic mass is 9.99. The summed E-state index contributed by atoms with van der Waals surface area (Å²) in [5, 5.41) is 2.53. The number of piperidine rings is 1. The molecule has 9 heteroatoms. The topological polar surface area (TPSA) is 92.5 Å². The van der Waals surface area contributed by atoms with E-state index in [4.69, 9.17) is 5.73 Å². The van der Waals surface area contributed by atoms with Gasteiger partial charge in [-0.15, -0.1) is 0 Å². The number of carbonyl (C=O) groups is 1. The minimum absolute atomic E-state index is 0.0351. The predicted molar refractivity (Wildman–Crippen MR) is 61.3 cm³/mol. The van der Waals surface area contributed by atoms with Gasteiger partial charge in [0.05, 0.1) is 5.92 Å². The number of alkyl halides is 2. The van der Waals surface area contributed by atoms with Crippen LogP contribution >= 0.6 is 0 Å². The molecule has 1 unspecified atom stereocenters. The molecule has 0 saturated carbocycles. The van der Waals surface area contributed by atoms with Crippen molar-refractivity contribution in [2.24, 2.45) is 11.7 Å². The minimum Gasteiger partial charge on any atom is -0.355 e. The molecule has 1 atom stereocenters. The number of hydrogen-bond donors (Lipinski definition) is 2. The highest BCUT2D eigenvalue weighted by Gasteiger charge is 2.37. The van der Waals surface area contributed by atoms with Crippen LogP contribution in [0.1, 0.15) is 12.8 Å². The first-order chi connectivity index (χ1) is 8.39. The molecule has 0 spiro atoms. The van der Waals surface area contributed by atoms with E-state index in [-0.39, 0.29) is 32.1 Å². The normalized spacial score (nSPS) is 22.1. The van der Waals surface area contributed by atoms with E-state index in [9.17, 15) is 22.0 Å². The van der Waals surface area contributed by atoms with Gasteiger partial charge in [0.15, 0.2) is 0 Å². The van der Waals surface area contributed by atoms with E-state index in [1.165, 1.54) is 0 Å². The quantitative estimate of drug-likeness (QED) is 0.700. The number of sulfonamides is 1. The summed E-state index contributed by atoms with van der Waals surface area (Å²) in [4.78, 5) is 11.6. The number of carbonyl (C=O) groups excluding carboxylic acids is 1. The van der Waals surface area contributed by atoms with Gasteiger partial charge < -0.3 is 11.1 Å². The predicted octanol–water partition coefficient (Wildman–Crippen LogP) is -0.674. The second-order valence-electron chi connectivity index (χ2n) is 4.08. The van der Waals surface area contributed by atoms with Gasteiger partial charge in [0.1, 0.15) is 0 Å². The first-order valence-corrected chi connectivity index (χ1v) is 7.14. The first kappa shape index (κ1) is 15.3. The van der Waals surface area contributed by atoms with Crippen molar-refractivity contribution in [2.75, 3.05) is 26.2 Å². The molecule has 1 fully saturated rings. The second-order valence-corrected chi connectivity index (χ2v) is 5.99. The van der Waals surface area contributed by atoms with Gasteiger partial charge in [-0.05, 0) is 12.8 Å². The molecule has 1 rings (SSSR count). The van der Waals surface area contributed by atoms with Crippen molar-refractivity contribution in [3.63, 3.8) is 0 Å². The summed E-state index contributed by atoms with van der Waals surface area (Å²) in [5.41, 5.74) is 5.22. The maximum atomic E-state index is 12.4. The van der Waals surface area contributed by atoms with Crippen LogP contribution in [0.4, 0.5) is 8.78 Å². The van der Waals surface area contributed by atoms with Crippen LogP contribution in [-0.2, 0) is 14.8 Å². The number of halogens is 2. The van der Waals surface area contributed by atoms with Gasteiger partial charge in [-0.1, -0.05) is 0 Å². The lowest BCUT2D eigenvalue weighted by molar-refractivity contribution is -0.126. The third-order valence-electron chi connectivity index (χ3n) is 2.78. The number of amides is 1. The smallest absolute Gasteiger partial charge is 0.350 e. The molecule has 1 aliphatic rings. The Balaban J connectivity index is 2.64. The number of nitrogens with one attached hydrogen (secondary N) is 1. The Bertz CT molecular complexity index is 389. The van der Waals surface area contributed by atoms with Crippen molar-refractivity contribution in [1.82, 2.24) is 9.62 Å².